The average molecular weight is 315 g/mol. The van der Waals surface area contributed by atoms with Crippen molar-refractivity contribution in [1.82, 2.24) is 0 Å². The predicted molar refractivity (Wildman–Crippen MR) is 87.8 cm³/mol. The van der Waals surface area contributed by atoms with Crippen LogP contribution in [0.5, 0.6) is 5.75 Å². The Kier molecular flexibility index (Phi) is 5.14. The smallest absolute Gasteiger partial charge is 0.271 e. The van der Waals surface area contributed by atoms with Crippen molar-refractivity contribution >= 4 is 23.0 Å². The van der Waals surface area contributed by atoms with E-state index in [0.717, 1.165) is 0 Å². The van der Waals surface area contributed by atoms with Crippen LogP contribution in [0.15, 0.2) is 48.5 Å². The summed E-state index contributed by atoms with van der Waals surface area (Å²) in [5, 5.41) is 16.5. The van der Waals surface area contributed by atoms with Gasteiger partial charge in [-0.2, -0.15) is 0 Å². The molecule has 1 amide bonds. The van der Waals surface area contributed by atoms with Gasteiger partial charge < -0.3 is 15.4 Å². The molecule has 1 atom stereocenters. The zero-order chi connectivity index (χ0) is 16.8. The van der Waals surface area contributed by atoms with Crippen LogP contribution in [0.1, 0.15) is 6.92 Å². The maximum Gasteiger partial charge on any atom is 0.271 e. The minimum Gasteiger partial charge on any atom is -0.495 e. The summed E-state index contributed by atoms with van der Waals surface area (Å²) >= 11 is 0. The molecule has 2 rings (SSSR count). The number of ether oxygens (including phenoxy) is 1. The number of anilines is 2. The van der Waals surface area contributed by atoms with Gasteiger partial charge in [-0.1, -0.05) is 18.2 Å². The summed E-state index contributed by atoms with van der Waals surface area (Å²) in [4.78, 5) is 22.5. The van der Waals surface area contributed by atoms with Gasteiger partial charge in [-0.15, -0.1) is 0 Å². The minimum absolute atomic E-state index is 0.0349. The Bertz CT molecular complexity index is 718. The van der Waals surface area contributed by atoms with Crippen molar-refractivity contribution in [3.8, 4) is 5.75 Å². The van der Waals surface area contributed by atoms with E-state index in [1.807, 2.05) is 0 Å². The SMILES string of the molecule is COc1ccccc1NC(=O)[C@H](C)Nc1cccc([N+](=O)[O-])c1. The lowest BCUT2D eigenvalue weighted by Gasteiger charge is -2.16. The summed E-state index contributed by atoms with van der Waals surface area (Å²) in [6, 6.07) is 12.5. The van der Waals surface area contributed by atoms with Crippen LogP contribution in [0.4, 0.5) is 17.1 Å². The second-order valence-electron chi connectivity index (χ2n) is 4.86. The molecule has 0 spiro atoms. The Morgan fingerprint density at radius 3 is 2.65 bits per heavy atom. The molecule has 2 aromatic carbocycles. The molecule has 120 valence electrons. The van der Waals surface area contributed by atoms with Crippen molar-refractivity contribution in [2.75, 3.05) is 17.7 Å². The molecule has 7 heteroatoms. The standard InChI is InChI=1S/C16H17N3O4/c1-11(17-12-6-5-7-13(10-12)19(21)22)16(20)18-14-8-3-4-9-15(14)23-2/h3-11,17H,1-2H3,(H,18,20)/t11-/m0/s1. The molecule has 0 fully saturated rings. The highest BCUT2D eigenvalue weighted by molar-refractivity contribution is 5.97. The molecule has 0 saturated carbocycles. The molecule has 0 aliphatic heterocycles. The molecule has 0 radical (unpaired) electrons. The fourth-order valence-corrected chi connectivity index (χ4v) is 2.01. The maximum absolute atomic E-state index is 12.2. The number of benzene rings is 2. The highest BCUT2D eigenvalue weighted by Gasteiger charge is 2.15. The Morgan fingerprint density at radius 1 is 1.22 bits per heavy atom. The summed E-state index contributed by atoms with van der Waals surface area (Å²) in [6.07, 6.45) is 0. The minimum atomic E-state index is -0.582. The van der Waals surface area contributed by atoms with Gasteiger partial charge in [0, 0.05) is 17.8 Å². The number of para-hydroxylation sites is 2. The lowest BCUT2D eigenvalue weighted by Crippen LogP contribution is -2.32. The van der Waals surface area contributed by atoms with E-state index in [-0.39, 0.29) is 11.6 Å². The van der Waals surface area contributed by atoms with Gasteiger partial charge in [0.25, 0.3) is 5.69 Å². The third-order valence-corrected chi connectivity index (χ3v) is 3.20. The molecule has 23 heavy (non-hydrogen) atoms. The van der Waals surface area contributed by atoms with Gasteiger partial charge in [0.1, 0.15) is 11.8 Å². The molecular weight excluding hydrogens is 298 g/mol. The highest BCUT2D eigenvalue weighted by Crippen LogP contribution is 2.23. The third kappa shape index (κ3) is 4.19. The lowest BCUT2D eigenvalue weighted by atomic mass is 10.2. The van der Waals surface area contributed by atoms with Crippen molar-refractivity contribution in [2.45, 2.75) is 13.0 Å². The molecule has 0 aliphatic rings. The molecule has 0 saturated heterocycles. The topological polar surface area (TPSA) is 93.5 Å². The van der Waals surface area contributed by atoms with Crippen LogP contribution in [0, 0.1) is 10.1 Å². The largest absolute Gasteiger partial charge is 0.495 e. The Morgan fingerprint density at radius 2 is 1.96 bits per heavy atom. The summed E-state index contributed by atoms with van der Waals surface area (Å²) in [5.41, 5.74) is 1.03. The van der Waals surface area contributed by atoms with Crippen LogP contribution < -0.4 is 15.4 Å². The first-order valence-electron chi connectivity index (χ1n) is 6.96. The number of hydrogen-bond donors (Lipinski definition) is 2. The summed E-state index contributed by atoms with van der Waals surface area (Å²) in [6.45, 7) is 1.67. The van der Waals surface area contributed by atoms with E-state index in [0.29, 0.717) is 17.1 Å². The number of methoxy groups -OCH3 is 1. The van der Waals surface area contributed by atoms with Crippen LogP contribution in [0.2, 0.25) is 0 Å². The van der Waals surface area contributed by atoms with Crippen LogP contribution >= 0.6 is 0 Å². The molecule has 0 aromatic heterocycles. The second kappa shape index (κ2) is 7.26. The summed E-state index contributed by atoms with van der Waals surface area (Å²) in [5.74, 6) is 0.282. The average Bonchev–Trinajstić information content (AvgIpc) is 2.55. The highest BCUT2D eigenvalue weighted by atomic mass is 16.6. The summed E-state index contributed by atoms with van der Waals surface area (Å²) in [7, 11) is 1.52. The molecule has 0 unspecified atom stereocenters. The van der Waals surface area contributed by atoms with E-state index in [4.69, 9.17) is 4.74 Å². The number of carbonyl (C=O) groups excluding carboxylic acids is 1. The van der Waals surface area contributed by atoms with Gasteiger partial charge in [0.15, 0.2) is 0 Å². The van der Waals surface area contributed by atoms with Crippen LogP contribution in [-0.2, 0) is 4.79 Å². The first kappa shape index (κ1) is 16.3. The number of non-ortho nitro benzene ring substituents is 1. The van der Waals surface area contributed by atoms with E-state index < -0.39 is 11.0 Å². The number of rotatable bonds is 6. The van der Waals surface area contributed by atoms with Crippen LogP contribution in [-0.4, -0.2) is 24.0 Å². The van der Waals surface area contributed by atoms with E-state index in [1.54, 1.807) is 43.3 Å². The van der Waals surface area contributed by atoms with Gasteiger partial charge in [-0.3, -0.25) is 14.9 Å². The van der Waals surface area contributed by atoms with Crippen molar-refractivity contribution in [3.05, 3.63) is 58.6 Å². The number of amides is 1. The third-order valence-electron chi connectivity index (χ3n) is 3.20. The number of nitro groups is 1. The molecule has 2 aromatic rings. The quantitative estimate of drug-likeness (QED) is 0.631. The van der Waals surface area contributed by atoms with E-state index >= 15 is 0 Å². The first-order valence-corrected chi connectivity index (χ1v) is 6.96. The fraction of sp³-hybridized carbons (Fsp3) is 0.188. The second-order valence-corrected chi connectivity index (χ2v) is 4.86. The number of carbonyl (C=O) groups is 1. The van der Waals surface area contributed by atoms with Gasteiger partial charge in [0.2, 0.25) is 5.91 Å². The van der Waals surface area contributed by atoms with Crippen molar-refractivity contribution < 1.29 is 14.5 Å². The van der Waals surface area contributed by atoms with E-state index in [2.05, 4.69) is 10.6 Å². The van der Waals surface area contributed by atoms with Gasteiger partial charge >= 0.3 is 0 Å². The van der Waals surface area contributed by atoms with E-state index in [9.17, 15) is 14.9 Å². The molecule has 0 aliphatic carbocycles. The van der Waals surface area contributed by atoms with E-state index in [1.165, 1.54) is 19.2 Å². The number of nitrogens with one attached hydrogen (secondary N) is 2. The van der Waals surface area contributed by atoms with Crippen molar-refractivity contribution in [1.29, 1.82) is 0 Å². The molecule has 7 nitrogen and oxygen atoms in total. The first-order chi connectivity index (χ1) is 11.0. The maximum atomic E-state index is 12.2. The number of nitrogens with zero attached hydrogens (tertiary/aromatic N) is 1. The van der Waals surface area contributed by atoms with Crippen molar-refractivity contribution in [3.63, 3.8) is 0 Å². The Hall–Kier alpha value is -3.09. The van der Waals surface area contributed by atoms with Crippen LogP contribution in [0.3, 0.4) is 0 Å². The zero-order valence-corrected chi connectivity index (χ0v) is 12.8. The number of hydrogen-bond acceptors (Lipinski definition) is 5. The van der Waals surface area contributed by atoms with Gasteiger partial charge in [0.05, 0.1) is 17.7 Å². The zero-order valence-electron chi connectivity index (χ0n) is 12.8. The molecule has 0 heterocycles. The molecule has 0 bridgehead atoms. The molecule has 2 N–H and O–H groups in total. The van der Waals surface area contributed by atoms with Gasteiger partial charge in [-0.05, 0) is 25.1 Å². The normalized spacial score (nSPS) is 11.4. The lowest BCUT2D eigenvalue weighted by molar-refractivity contribution is -0.384. The van der Waals surface area contributed by atoms with Crippen molar-refractivity contribution in [2.24, 2.45) is 0 Å². The Balaban J connectivity index is 2.05. The predicted octanol–water partition coefficient (Wildman–Crippen LogP) is 3.04. The van der Waals surface area contributed by atoms with Crippen LogP contribution in [0.25, 0.3) is 0 Å². The fourth-order valence-electron chi connectivity index (χ4n) is 2.01. The molecular formula is C16H17N3O4. The summed E-state index contributed by atoms with van der Waals surface area (Å²) < 4.78 is 5.18. The monoisotopic (exact) mass is 315 g/mol. The Labute approximate surface area is 133 Å². The van der Waals surface area contributed by atoms with Gasteiger partial charge in [-0.25, -0.2) is 0 Å². The number of nitro benzene ring substituents is 1.